The van der Waals surface area contributed by atoms with E-state index in [1.165, 1.54) is 37.7 Å². The smallest absolute Gasteiger partial charge is 0.0765 e. The molecule has 0 amide bonds. The monoisotopic (exact) mass is 603 g/mol. The van der Waals surface area contributed by atoms with Crippen LogP contribution in [0.2, 0.25) is 0 Å². The summed E-state index contributed by atoms with van der Waals surface area (Å²) >= 11 is 0. The summed E-state index contributed by atoms with van der Waals surface area (Å²) in [7, 11) is 0. The fraction of sp³-hybridized carbons (Fsp3) is 0.744. The van der Waals surface area contributed by atoms with Crippen molar-refractivity contribution in [3.8, 4) is 0 Å². The molecule has 2 saturated carbocycles. The molecular weight excluding hydrogens is 546 g/mol. The summed E-state index contributed by atoms with van der Waals surface area (Å²) in [5.41, 5.74) is 6.47. The number of hydrogen-bond donors (Lipinski definition) is 1. The predicted octanol–water partition coefficient (Wildman–Crippen LogP) is 7.34. The summed E-state index contributed by atoms with van der Waals surface area (Å²) in [6.45, 7) is 14.7. The molecular formula is C39H57NO4. The van der Waals surface area contributed by atoms with Crippen LogP contribution in [0.4, 0.5) is 0 Å². The van der Waals surface area contributed by atoms with E-state index in [-0.39, 0.29) is 17.1 Å². The van der Waals surface area contributed by atoms with Crippen LogP contribution in [0.5, 0.6) is 0 Å². The Morgan fingerprint density at radius 1 is 1.02 bits per heavy atom. The number of nitrogens with zero attached hydrogens (tertiary/aromatic N) is 1. The molecule has 0 radical (unpaired) electrons. The van der Waals surface area contributed by atoms with Crippen molar-refractivity contribution in [1.82, 2.24) is 4.90 Å². The first-order valence-electron chi connectivity index (χ1n) is 17.9. The SMILES string of the molecule is CC1=C2C[C@H]3C(CC=C4C[C@@H](O)CC[C@@]43C)[C@@H]2CC[C@@]2(C1)O[C@@H]1C[C@H](C)CN(CCOCCOCc3ccccc3)[C@H]1[C@H]2C. The predicted molar refractivity (Wildman–Crippen MR) is 175 cm³/mol. The van der Waals surface area contributed by atoms with Gasteiger partial charge in [0, 0.05) is 25.0 Å². The Labute approximate surface area is 266 Å². The number of fused-ring (bicyclic) bond motifs is 6. The minimum absolute atomic E-state index is 0.0325. The van der Waals surface area contributed by atoms with Gasteiger partial charge in [-0.15, -0.1) is 0 Å². The van der Waals surface area contributed by atoms with Crippen LogP contribution in [-0.4, -0.2) is 66.8 Å². The second-order valence-electron chi connectivity index (χ2n) is 15.9. The molecule has 7 rings (SSSR count). The van der Waals surface area contributed by atoms with Gasteiger partial charge < -0.3 is 19.3 Å². The highest BCUT2D eigenvalue weighted by molar-refractivity contribution is 5.34. The van der Waals surface area contributed by atoms with E-state index in [9.17, 15) is 5.11 Å². The highest BCUT2D eigenvalue weighted by Gasteiger charge is 2.59. The van der Waals surface area contributed by atoms with E-state index in [0.29, 0.717) is 49.7 Å². The van der Waals surface area contributed by atoms with Gasteiger partial charge in [0.25, 0.3) is 0 Å². The van der Waals surface area contributed by atoms with Crippen molar-refractivity contribution in [1.29, 1.82) is 0 Å². The van der Waals surface area contributed by atoms with Crippen molar-refractivity contribution in [2.45, 2.75) is 116 Å². The average Bonchev–Trinajstić information content (AvgIpc) is 3.47. The molecule has 0 aromatic heterocycles. The molecule has 2 aliphatic heterocycles. The van der Waals surface area contributed by atoms with Gasteiger partial charge in [0.1, 0.15) is 0 Å². The van der Waals surface area contributed by atoms with Crippen LogP contribution in [0, 0.1) is 35.0 Å². The number of benzene rings is 1. The van der Waals surface area contributed by atoms with Gasteiger partial charge in [-0.25, -0.2) is 0 Å². The summed E-state index contributed by atoms with van der Waals surface area (Å²) in [6.07, 6.45) is 13.0. The summed E-state index contributed by atoms with van der Waals surface area (Å²) < 4.78 is 19.2. The number of ether oxygens (including phenoxy) is 3. The maximum absolute atomic E-state index is 10.4. The molecule has 5 nitrogen and oxygen atoms in total. The number of allylic oxidation sites excluding steroid dienone is 2. The Bertz CT molecular complexity index is 1230. The van der Waals surface area contributed by atoms with Crippen LogP contribution >= 0.6 is 0 Å². The number of piperidine rings is 1. The maximum Gasteiger partial charge on any atom is 0.0765 e. The van der Waals surface area contributed by atoms with Gasteiger partial charge in [-0.05, 0) is 99.4 Å². The van der Waals surface area contributed by atoms with E-state index in [4.69, 9.17) is 14.2 Å². The first-order valence-corrected chi connectivity index (χ1v) is 17.9. The van der Waals surface area contributed by atoms with Gasteiger partial charge in [0.15, 0.2) is 0 Å². The van der Waals surface area contributed by atoms with Crippen molar-refractivity contribution in [2.24, 2.45) is 35.0 Å². The normalized spacial score (nSPS) is 42.0. The lowest BCUT2D eigenvalue weighted by atomic mass is 9.56. The summed E-state index contributed by atoms with van der Waals surface area (Å²) in [6, 6.07) is 10.9. The second kappa shape index (κ2) is 12.6. The van der Waals surface area contributed by atoms with Gasteiger partial charge in [-0.2, -0.15) is 0 Å². The standard InChI is InChI=1S/C39H57NO4/c1-26-20-36-37(40(24-26)16-17-42-18-19-43-25-29-8-6-5-7-9-29)28(3)39(44-36)15-13-32-33-11-10-30-21-31(41)12-14-38(30,4)35(33)22-34(32)27(2)23-39/h5-10,26,28,31-33,35-37,41H,11-25H2,1-4H3/t26-,28+,31-,32-,33?,35-,36+,37-,38-,39-/m0/s1. The first kappa shape index (κ1) is 31.1. The average molecular weight is 604 g/mol. The third kappa shape index (κ3) is 5.68. The van der Waals surface area contributed by atoms with Crippen LogP contribution in [0.25, 0.3) is 0 Å². The zero-order chi connectivity index (χ0) is 30.5. The summed E-state index contributed by atoms with van der Waals surface area (Å²) in [5, 5.41) is 10.4. The van der Waals surface area contributed by atoms with Gasteiger partial charge in [0.2, 0.25) is 0 Å². The lowest BCUT2D eigenvalue weighted by molar-refractivity contribution is -0.0806. The van der Waals surface area contributed by atoms with Gasteiger partial charge >= 0.3 is 0 Å². The third-order valence-electron chi connectivity index (χ3n) is 13.3. The van der Waals surface area contributed by atoms with Crippen LogP contribution < -0.4 is 0 Å². The fourth-order valence-corrected chi connectivity index (χ4v) is 11.0. The Kier molecular flexibility index (Phi) is 8.91. The third-order valence-corrected chi connectivity index (χ3v) is 13.3. The molecule has 1 aromatic rings. The Balaban J connectivity index is 0.981. The highest BCUT2D eigenvalue weighted by atomic mass is 16.5. The summed E-state index contributed by atoms with van der Waals surface area (Å²) in [5.74, 6) is 3.41. The number of hydrogen-bond acceptors (Lipinski definition) is 5. The summed E-state index contributed by atoms with van der Waals surface area (Å²) in [4.78, 5) is 2.72. The van der Waals surface area contributed by atoms with Crippen LogP contribution in [-0.2, 0) is 20.8 Å². The van der Waals surface area contributed by atoms with E-state index < -0.39 is 0 Å². The van der Waals surface area contributed by atoms with Gasteiger partial charge in [0.05, 0.1) is 44.2 Å². The zero-order valence-electron chi connectivity index (χ0n) is 27.8. The lowest BCUT2D eigenvalue weighted by Crippen LogP contribution is -2.52. The van der Waals surface area contributed by atoms with Crippen molar-refractivity contribution >= 4 is 0 Å². The molecule has 4 fully saturated rings. The number of aliphatic hydroxyl groups excluding tert-OH is 1. The van der Waals surface area contributed by atoms with Crippen LogP contribution in [0.15, 0.2) is 53.1 Å². The number of aliphatic hydroxyl groups is 1. The van der Waals surface area contributed by atoms with Crippen molar-refractivity contribution in [3.05, 3.63) is 58.7 Å². The topological polar surface area (TPSA) is 51.2 Å². The molecule has 2 heterocycles. The molecule has 1 N–H and O–H groups in total. The van der Waals surface area contributed by atoms with E-state index in [1.54, 1.807) is 16.7 Å². The largest absolute Gasteiger partial charge is 0.393 e. The molecule has 10 atom stereocenters. The molecule has 242 valence electrons. The molecule has 5 heteroatoms. The second-order valence-corrected chi connectivity index (χ2v) is 15.9. The van der Waals surface area contributed by atoms with Crippen molar-refractivity contribution in [3.63, 3.8) is 0 Å². The number of likely N-dealkylation sites (tertiary alicyclic amines) is 1. The van der Waals surface area contributed by atoms with E-state index in [0.717, 1.165) is 57.2 Å². The van der Waals surface area contributed by atoms with Gasteiger partial charge in [-0.1, -0.05) is 73.9 Å². The Morgan fingerprint density at radius 2 is 1.84 bits per heavy atom. The molecule has 0 bridgehead atoms. The van der Waals surface area contributed by atoms with E-state index in [1.807, 2.05) is 6.07 Å². The molecule has 6 aliphatic rings. The van der Waals surface area contributed by atoms with Crippen LogP contribution in [0.3, 0.4) is 0 Å². The quantitative estimate of drug-likeness (QED) is 0.249. The van der Waals surface area contributed by atoms with E-state index >= 15 is 0 Å². The Morgan fingerprint density at radius 3 is 2.68 bits per heavy atom. The van der Waals surface area contributed by atoms with Crippen molar-refractivity contribution in [2.75, 3.05) is 32.9 Å². The maximum atomic E-state index is 10.4. The first-order chi connectivity index (χ1) is 21.3. The van der Waals surface area contributed by atoms with Crippen molar-refractivity contribution < 1.29 is 19.3 Å². The highest BCUT2D eigenvalue weighted by Crippen LogP contribution is 2.63. The van der Waals surface area contributed by atoms with E-state index in [2.05, 4.69) is 62.9 Å². The number of rotatable bonds is 8. The minimum Gasteiger partial charge on any atom is -0.393 e. The minimum atomic E-state index is -0.129. The van der Waals surface area contributed by atoms with Crippen LogP contribution in [0.1, 0.15) is 91.0 Å². The lowest BCUT2D eigenvalue weighted by Gasteiger charge is -2.49. The zero-order valence-corrected chi connectivity index (χ0v) is 27.8. The Hall–Kier alpha value is -1.50. The molecule has 1 spiro atoms. The molecule has 1 unspecified atom stereocenters. The molecule has 4 aliphatic carbocycles. The molecule has 44 heavy (non-hydrogen) atoms. The molecule has 2 saturated heterocycles. The fourth-order valence-electron chi connectivity index (χ4n) is 11.0. The van der Waals surface area contributed by atoms with Gasteiger partial charge in [-0.3, -0.25) is 4.90 Å². The molecule has 1 aromatic carbocycles.